The number of halogens is 1. The second-order valence-electron chi connectivity index (χ2n) is 7.95. The monoisotopic (exact) mass is 472 g/mol. The fourth-order valence-electron chi connectivity index (χ4n) is 4.90. The standard InChI is InChI=1S/C25H17ClN4O2S/c26-19-5-3-18(4-6-19)25-21-15-27-8-7-20(21)24(32)30(25)10-9-29(25)23(31)17-12-16(13-28-14-17)22-2-1-11-33-22/h1-8,11-15H,9-10H2. The molecular formula is C25H17ClN4O2S. The first-order chi connectivity index (χ1) is 16.1. The van der Waals surface area contributed by atoms with Crippen molar-refractivity contribution in [1.29, 1.82) is 0 Å². The molecule has 0 spiro atoms. The molecule has 0 N–H and O–H groups in total. The van der Waals surface area contributed by atoms with Crippen molar-refractivity contribution in [1.82, 2.24) is 19.8 Å². The first-order valence-electron chi connectivity index (χ1n) is 10.4. The molecule has 0 aliphatic carbocycles. The minimum absolute atomic E-state index is 0.108. The highest BCUT2D eigenvalue weighted by Crippen LogP contribution is 2.50. The van der Waals surface area contributed by atoms with Gasteiger partial charge in [-0.3, -0.25) is 19.6 Å². The number of amides is 2. The second-order valence-corrected chi connectivity index (χ2v) is 9.34. The number of fused-ring (bicyclic) bond motifs is 3. The van der Waals surface area contributed by atoms with E-state index in [4.69, 9.17) is 11.6 Å². The quantitative estimate of drug-likeness (QED) is 0.434. The molecule has 162 valence electrons. The topological polar surface area (TPSA) is 66.4 Å². The Bertz CT molecular complexity index is 1390. The minimum Gasteiger partial charge on any atom is -0.306 e. The van der Waals surface area contributed by atoms with Gasteiger partial charge in [-0.1, -0.05) is 29.8 Å². The second kappa shape index (κ2) is 7.50. The summed E-state index contributed by atoms with van der Waals surface area (Å²) in [5.74, 6) is -0.300. The average molecular weight is 473 g/mol. The van der Waals surface area contributed by atoms with E-state index in [9.17, 15) is 9.59 Å². The van der Waals surface area contributed by atoms with Crippen molar-refractivity contribution >= 4 is 34.8 Å². The molecule has 3 aromatic heterocycles. The van der Waals surface area contributed by atoms with E-state index in [2.05, 4.69) is 9.97 Å². The van der Waals surface area contributed by atoms with Crippen molar-refractivity contribution in [2.45, 2.75) is 5.66 Å². The zero-order valence-electron chi connectivity index (χ0n) is 17.3. The molecule has 1 unspecified atom stereocenters. The predicted octanol–water partition coefficient (Wildman–Crippen LogP) is 4.67. The molecule has 1 saturated heterocycles. The molecule has 6 nitrogen and oxygen atoms in total. The Balaban J connectivity index is 1.53. The number of hydrogen-bond acceptors (Lipinski definition) is 5. The summed E-state index contributed by atoms with van der Waals surface area (Å²) in [6.07, 6.45) is 6.63. The minimum atomic E-state index is -1.08. The third-order valence-corrected chi connectivity index (χ3v) is 7.45. The van der Waals surface area contributed by atoms with Crippen LogP contribution in [0.4, 0.5) is 0 Å². The molecular weight excluding hydrogens is 456 g/mol. The van der Waals surface area contributed by atoms with Crippen molar-refractivity contribution in [2.24, 2.45) is 0 Å². The van der Waals surface area contributed by atoms with Gasteiger partial charge in [-0.05, 0) is 35.7 Å². The number of carbonyl (C=O) groups excluding carboxylic acids is 2. The van der Waals surface area contributed by atoms with E-state index in [0.717, 1.165) is 16.0 Å². The number of thiophene rings is 1. The van der Waals surface area contributed by atoms with Gasteiger partial charge in [-0.25, -0.2) is 0 Å². The van der Waals surface area contributed by atoms with E-state index in [-0.39, 0.29) is 11.8 Å². The van der Waals surface area contributed by atoms with E-state index < -0.39 is 5.66 Å². The highest BCUT2D eigenvalue weighted by atomic mass is 35.5. The van der Waals surface area contributed by atoms with E-state index in [1.54, 1.807) is 64.1 Å². The van der Waals surface area contributed by atoms with E-state index in [1.807, 2.05) is 35.7 Å². The largest absolute Gasteiger partial charge is 0.306 e. The molecule has 33 heavy (non-hydrogen) atoms. The number of pyridine rings is 2. The van der Waals surface area contributed by atoms with E-state index >= 15 is 0 Å². The van der Waals surface area contributed by atoms with Gasteiger partial charge < -0.3 is 9.80 Å². The Morgan fingerprint density at radius 3 is 2.67 bits per heavy atom. The van der Waals surface area contributed by atoms with Crippen molar-refractivity contribution in [3.63, 3.8) is 0 Å². The van der Waals surface area contributed by atoms with Crippen LogP contribution in [0.1, 0.15) is 31.8 Å². The molecule has 6 rings (SSSR count). The molecule has 0 radical (unpaired) electrons. The van der Waals surface area contributed by atoms with Crippen molar-refractivity contribution in [3.8, 4) is 10.4 Å². The van der Waals surface area contributed by atoms with Gasteiger partial charge in [0.2, 0.25) is 0 Å². The highest BCUT2D eigenvalue weighted by molar-refractivity contribution is 7.13. The molecule has 1 aromatic carbocycles. The maximum absolute atomic E-state index is 14.0. The normalized spacial score (nSPS) is 19.0. The van der Waals surface area contributed by atoms with Crippen molar-refractivity contribution in [3.05, 3.63) is 106 Å². The Labute approximate surface area is 199 Å². The van der Waals surface area contributed by atoms with Crippen LogP contribution in [0.25, 0.3) is 10.4 Å². The summed E-state index contributed by atoms with van der Waals surface area (Å²) in [6.45, 7) is 0.810. The number of nitrogens with zero attached hydrogens (tertiary/aromatic N) is 4. The predicted molar refractivity (Wildman–Crippen MR) is 126 cm³/mol. The third-order valence-electron chi connectivity index (χ3n) is 6.28. The van der Waals surface area contributed by atoms with Gasteiger partial charge in [0.1, 0.15) is 0 Å². The van der Waals surface area contributed by atoms with Crippen LogP contribution >= 0.6 is 22.9 Å². The van der Waals surface area contributed by atoms with Gasteiger partial charge in [-0.15, -0.1) is 11.3 Å². The number of aromatic nitrogens is 2. The Kier molecular flexibility index (Phi) is 4.57. The summed E-state index contributed by atoms with van der Waals surface area (Å²) in [4.78, 5) is 40.5. The van der Waals surface area contributed by atoms with E-state index in [1.165, 1.54) is 0 Å². The Morgan fingerprint density at radius 1 is 1.03 bits per heavy atom. The molecule has 4 aromatic rings. The molecule has 8 heteroatoms. The first-order valence-corrected chi connectivity index (χ1v) is 11.7. The lowest BCUT2D eigenvalue weighted by atomic mass is 9.90. The lowest BCUT2D eigenvalue weighted by Crippen LogP contribution is -2.51. The average Bonchev–Trinajstić information content (AvgIpc) is 3.57. The van der Waals surface area contributed by atoms with Gasteiger partial charge in [-0.2, -0.15) is 0 Å². The fraction of sp³-hybridized carbons (Fsp3) is 0.120. The number of rotatable bonds is 3. The number of benzene rings is 1. The summed E-state index contributed by atoms with van der Waals surface area (Å²) in [7, 11) is 0. The van der Waals surface area contributed by atoms with Crippen LogP contribution in [-0.2, 0) is 5.66 Å². The van der Waals surface area contributed by atoms with Crippen molar-refractivity contribution in [2.75, 3.05) is 13.1 Å². The molecule has 2 aliphatic heterocycles. The summed E-state index contributed by atoms with van der Waals surface area (Å²) >= 11 is 7.76. The number of carbonyl (C=O) groups is 2. The van der Waals surface area contributed by atoms with Crippen LogP contribution in [0.5, 0.6) is 0 Å². The van der Waals surface area contributed by atoms with Crippen LogP contribution in [-0.4, -0.2) is 44.7 Å². The smallest absolute Gasteiger partial charge is 0.257 e. The summed E-state index contributed by atoms with van der Waals surface area (Å²) in [5.41, 5.74) is 2.33. The number of hydrogen-bond donors (Lipinski definition) is 0. The highest BCUT2D eigenvalue weighted by Gasteiger charge is 2.59. The lowest BCUT2D eigenvalue weighted by molar-refractivity contribution is 0.0374. The maximum atomic E-state index is 14.0. The molecule has 1 atom stereocenters. The molecule has 2 aliphatic rings. The fourth-order valence-corrected chi connectivity index (χ4v) is 5.74. The molecule has 0 saturated carbocycles. The van der Waals surface area contributed by atoms with Gasteiger partial charge in [0.05, 0.1) is 11.1 Å². The van der Waals surface area contributed by atoms with Gasteiger partial charge in [0, 0.05) is 64.5 Å². The zero-order valence-corrected chi connectivity index (χ0v) is 18.9. The van der Waals surface area contributed by atoms with Crippen LogP contribution in [0.15, 0.2) is 78.7 Å². The molecule has 0 bridgehead atoms. The van der Waals surface area contributed by atoms with Crippen LogP contribution in [0, 0.1) is 0 Å². The van der Waals surface area contributed by atoms with Gasteiger partial charge in [0.25, 0.3) is 11.8 Å². The SMILES string of the molecule is O=C(c1cncc(-c2cccs2)c1)N1CCN2C(=O)c3ccncc3C12c1ccc(Cl)cc1. The maximum Gasteiger partial charge on any atom is 0.257 e. The first kappa shape index (κ1) is 20.1. The van der Waals surface area contributed by atoms with Crippen LogP contribution < -0.4 is 0 Å². The Hall–Kier alpha value is -3.55. The molecule has 2 amide bonds. The summed E-state index contributed by atoms with van der Waals surface area (Å²) < 4.78 is 0. The summed E-state index contributed by atoms with van der Waals surface area (Å²) in [5, 5.41) is 2.58. The van der Waals surface area contributed by atoms with E-state index in [0.29, 0.717) is 34.8 Å². The third kappa shape index (κ3) is 2.86. The zero-order chi connectivity index (χ0) is 22.6. The Morgan fingerprint density at radius 2 is 1.88 bits per heavy atom. The van der Waals surface area contributed by atoms with Gasteiger partial charge >= 0.3 is 0 Å². The molecule has 1 fully saturated rings. The lowest BCUT2D eigenvalue weighted by Gasteiger charge is -2.40. The molecule has 5 heterocycles. The van der Waals surface area contributed by atoms with Gasteiger partial charge in [0.15, 0.2) is 5.66 Å². The van der Waals surface area contributed by atoms with Crippen LogP contribution in [0.2, 0.25) is 5.02 Å². The van der Waals surface area contributed by atoms with Crippen molar-refractivity contribution < 1.29 is 9.59 Å². The van der Waals surface area contributed by atoms with Crippen LogP contribution in [0.3, 0.4) is 0 Å². The summed E-state index contributed by atoms with van der Waals surface area (Å²) in [6, 6.07) is 14.9.